The molecule has 0 amide bonds. The molecule has 3 nitrogen and oxygen atoms in total. The molecule has 132 valence electrons. The summed E-state index contributed by atoms with van der Waals surface area (Å²) in [5, 5.41) is 9.94. The smallest absolute Gasteiger partial charge is 0.307 e. The van der Waals surface area contributed by atoms with Gasteiger partial charge < -0.3 is 9.84 Å². The zero-order valence-corrected chi connectivity index (χ0v) is 15.3. The van der Waals surface area contributed by atoms with Crippen molar-refractivity contribution in [1.29, 1.82) is 0 Å². The Hall–Kier alpha value is -2.49. The summed E-state index contributed by atoms with van der Waals surface area (Å²) >= 11 is 11.9. The van der Waals surface area contributed by atoms with E-state index >= 15 is 0 Å². The van der Waals surface area contributed by atoms with E-state index in [4.69, 9.17) is 33.0 Å². The van der Waals surface area contributed by atoms with Crippen LogP contribution in [0.1, 0.15) is 11.1 Å². The molecular formula is C21H16Cl2O3. The summed E-state index contributed by atoms with van der Waals surface area (Å²) in [6.07, 6.45) is 0.0126. The maximum Gasteiger partial charge on any atom is 0.307 e. The van der Waals surface area contributed by atoms with E-state index < -0.39 is 5.97 Å². The van der Waals surface area contributed by atoms with Crippen molar-refractivity contribution in [3.8, 4) is 16.9 Å². The van der Waals surface area contributed by atoms with Gasteiger partial charge in [-0.1, -0.05) is 65.7 Å². The summed E-state index contributed by atoms with van der Waals surface area (Å²) in [7, 11) is 0. The van der Waals surface area contributed by atoms with Crippen LogP contribution in [0.4, 0.5) is 0 Å². The minimum absolute atomic E-state index is 0.0126. The Morgan fingerprint density at radius 1 is 0.846 bits per heavy atom. The van der Waals surface area contributed by atoms with Crippen molar-refractivity contribution in [3.63, 3.8) is 0 Å². The molecule has 1 N–H and O–H groups in total. The Morgan fingerprint density at radius 3 is 2.31 bits per heavy atom. The fourth-order valence-corrected chi connectivity index (χ4v) is 2.90. The number of carboxylic acids is 1. The lowest BCUT2D eigenvalue weighted by Gasteiger charge is -2.09. The van der Waals surface area contributed by atoms with E-state index in [0.717, 1.165) is 28.0 Å². The molecule has 3 rings (SSSR count). The first kappa shape index (κ1) is 18.3. The standard InChI is InChI=1S/C21H16Cl2O3/c22-19-9-4-15(11-20(19)23)13-26-18-7-5-16(6-8-18)17-3-1-2-14(10-17)12-21(24)25/h1-11H,12-13H2,(H,24,25). The molecule has 0 spiro atoms. The van der Waals surface area contributed by atoms with E-state index in [-0.39, 0.29) is 6.42 Å². The summed E-state index contributed by atoms with van der Waals surface area (Å²) < 4.78 is 5.77. The van der Waals surface area contributed by atoms with Gasteiger partial charge >= 0.3 is 5.97 Å². The van der Waals surface area contributed by atoms with Gasteiger partial charge in [-0.2, -0.15) is 0 Å². The highest BCUT2D eigenvalue weighted by atomic mass is 35.5. The summed E-state index contributed by atoms with van der Waals surface area (Å²) in [4.78, 5) is 10.9. The Bertz CT molecular complexity index is 921. The average Bonchev–Trinajstić information content (AvgIpc) is 2.63. The summed E-state index contributed by atoms with van der Waals surface area (Å²) in [6.45, 7) is 0.393. The van der Waals surface area contributed by atoms with Crippen molar-refractivity contribution in [3.05, 3.63) is 87.9 Å². The third-order valence-corrected chi connectivity index (χ3v) is 4.60. The Labute approximate surface area is 161 Å². The van der Waals surface area contributed by atoms with E-state index in [0.29, 0.717) is 16.7 Å². The Morgan fingerprint density at radius 2 is 1.62 bits per heavy atom. The lowest BCUT2D eigenvalue weighted by Crippen LogP contribution is -1.99. The molecule has 3 aromatic carbocycles. The van der Waals surface area contributed by atoms with Crippen LogP contribution in [-0.2, 0) is 17.8 Å². The van der Waals surface area contributed by atoms with Crippen molar-refractivity contribution in [1.82, 2.24) is 0 Å². The van der Waals surface area contributed by atoms with E-state index in [2.05, 4.69) is 0 Å². The van der Waals surface area contributed by atoms with Gasteiger partial charge in [-0.15, -0.1) is 0 Å². The summed E-state index contributed by atoms with van der Waals surface area (Å²) in [5.41, 5.74) is 3.68. The molecule has 0 saturated carbocycles. The quantitative estimate of drug-likeness (QED) is 0.576. The van der Waals surface area contributed by atoms with Gasteiger partial charge in [0.25, 0.3) is 0 Å². The molecule has 0 atom stereocenters. The molecule has 0 heterocycles. The van der Waals surface area contributed by atoms with E-state index in [9.17, 15) is 4.79 Å². The maximum atomic E-state index is 10.9. The zero-order valence-electron chi connectivity index (χ0n) is 13.8. The lowest BCUT2D eigenvalue weighted by atomic mass is 10.0. The zero-order chi connectivity index (χ0) is 18.5. The number of aliphatic carboxylic acids is 1. The van der Waals surface area contributed by atoms with Gasteiger partial charge in [0, 0.05) is 0 Å². The SMILES string of the molecule is O=C(O)Cc1cccc(-c2ccc(OCc3ccc(Cl)c(Cl)c3)cc2)c1. The number of rotatable bonds is 6. The van der Waals surface area contributed by atoms with Crippen LogP contribution < -0.4 is 4.74 Å². The van der Waals surface area contributed by atoms with Crippen molar-refractivity contribution in [2.24, 2.45) is 0 Å². The fraction of sp³-hybridized carbons (Fsp3) is 0.0952. The van der Waals surface area contributed by atoms with Gasteiger partial charge in [0.15, 0.2) is 0 Å². The second-order valence-corrected chi connectivity index (χ2v) is 6.65. The van der Waals surface area contributed by atoms with Crippen LogP contribution in [0, 0.1) is 0 Å². The number of ether oxygens (including phenoxy) is 1. The molecule has 0 aliphatic heterocycles. The first-order valence-corrected chi connectivity index (χ1v) is 8.75. The third kappa shape index (κ3) is 4.78. The largest absolute Gasteiger partial charge is 0.489 e. The van der Waals surface area contributed by atoms with E-state index in [1.807, 2.05) is 54.6 Å². The number of hydrogen-bond acceptors (Lipinski definition) is 2. The van der Waals surface area contributed by atoms with E-state index in [1.165, 1.54) is 0 Å². The molecule has 0 aliphatic rings. The minimum Gasteiger partial charge on any atom is -0.489 e. The molecule has 0 unspecified atom stereocenters. The first-order valence-electron chi connectivity index (χ1n) is 7.99. The van der Waals surface area contributed by atoms with Crippen LogP contribution in [0.2, 0.25) is 10.0 Å². The topological polar surface area (TPSA) is 46.5 Å². The highest BCUT2D eigenvalue weighted by Crippen LogP contribution is 2.25. The number of benzene rings is 3. The summed E-state index contributed by atoms with van der Waals surface area (Å²) in [6, 6.07) is 20.6. The molecular weight excluding hydrogens is 371 g/mol. The predicted molar refractivity (Wildman–Crippen MR) is 104 cm³/mol. The van der Waals surface area contributed by atoms with Crippen LogP contribution >= 0.6 is 23.2 Å². The molecule has 0 fully saturated rings. The highest BCUT2D eigenvalue weighted by molar-refractivity contribution is 6.42. The molecule has 26 heavy (non-hydrogen) atoms. The average molecular weight is 387 g/mol. The van der Waals surface area contributed by atoms with Crippen molar-refractivity contribution in [2.45, 2.75) is 13.0 Å². The van der Waals surface area contributed by atoms with Crippen LogP contribution in [-0.4, -0.2) is 11.1 Å². The molecule has 0 bridgehead atoms. The molecule has 5 heteroatoms. The molecule has 0 aliphatic carbocycles. The van der Waals surface area contributed by atoms with Crippen LogP contribution in [0.25, 0.3) is 11.1 Å². The number of halogens is 2. The van der Waals surface area contributed by atoms with Crippen molar-refractivity contribution >= 4 is 29.2 Å². The highest BCUT2D eigenvalue weighted by Gasteiger charge is 2.05. The van der Waals surface area contributed by atoms with Gasteiger partial charge in [0.1, 0.15) is 12.4 Å². The van der Waals surface area contributed by atoms with Gasteiger partial charge in [0.2, 0.25) is 0 Å². The second-order valence-electron chi connectivity index (χ2n) is 5.83. The number of carboxylic acid groups (broad SMARTS) is 1. The maximum absolute atomic E-state index is 10.9. The van der Waals surface area contributed by atoms with E-state index in [1.54, 1.807) is 12.1 Å². The number of hydrogen-bond donors (Lipinski definition) is 1. The Balaban J connectivity index is 1.68. The van der Waals surface area contributed by atoms with Crippen molar-refractivity contribution in [2.75, 3.05) is 0 Å². The normalized spacial score (nSPS) is 10.5. The second kappa shape index (κ2) is 8.26. The van der Waals surface area contributed by atoms with Gasteiger partial charge in [-0.3, -0.25) is 4.79 Å². The van der Waals surface area contributed by atoms with Crippen molar-refractivity contribution < 1.29 is 14.6 Å². The van der Waals surface area contributed by atoms with Crippen LogP contribution in [0.15, 0.2) is 66.7 Å². The molecule has 0 aromatic heterocycles. The van der Waals surface area contributed by atoms with Gasteiger partial charge in [0.05, 0.1) is 16.5 Å². The molecule has 3 aromatic rings. The monoisotopic (exact) mass is 386 g/mol. The predicted octanol–water partition coefficient (Wildman–Crippen LogP) is 5.87. The van der Waals surface area contributed by atoms with Gasteiger partial charge in [-0.25, -0.2) is 0 Å². The molecule has 0 saturated heterocycles. The third-order valence-electron chi connectivity index (χ3n) is 3.86. The summed E-state index contributed by atoms with van der Waals surface area (Å²) in [5.74, 6) is -0.102. The van der Waals surface area contributed by atoms with Gasteiger partial charge in [-0.05, 0) is 46.5 Å². The van der Waals surface area contributed by atoms with Crippen LogP contribution in [0.3, 0.4) is 0 Å². The minimum atomic E-state index is -0.840. The molecule has 0 radical (unpaired) electrons. The number of carbonyl (C=O) groups is 1. The fourth-order valence-electron chi connectivity index (χ4n) is 2.58. The Kier molecular flexibility index (Phi) is 5.82. The van der Waals surface area contributed by atoms with Crippen LogP contribution in [0.5, 0.6) is 5.75 Å². The first-order chi connectivity index (χ1) is 12.5. The lowest BCUT2D eigenvalue weighted by molar-refractivity contribution is -0.136.